The fourth-order valence-electron chi connectivity index (χ4n) is 1.82. The van der Waals surface area contributed by atoms with E-state index in [1.165, 1.54) is 7.11 Å². The first-order valence-electron chi connectivity index (χ1n) is 6.36. The van der Waals surface area contributed by atoms with E-state index in [0.29, 0.717) is 12.2 Å². The highest BCUT2D eigenvalue weighted by Crippen LogP contribution is 2.09. The Balaban J connectivity index is 2.75. The van der Waals surface area contributed by atoms with E-state index in [1.807, 2.05) is 25.2 Å². The molecule has 0 aromatic heterocycles. The number of hydrogen-bond acceptors (Lipinski definition) is 4. The zero-order valence-electron chi connectivity index (χ0n) is 11.5. The summed E-state index contributed by atoms with van der Waals surface area (Å²) in [4.78, 5) is 12.2. The van der Waals surface area contributed by atoms with Crippen LogP contribution in [0.3, 0.4) is 0 Å². The van der Waals surface area contributed by atoms with E-state index < -0.39 is 0 Å². The summed E-state index contributed by atoms with van der Waals surface area (Å²) in [5, 5.41) is 15.0. The van der Waals surface area contributed by atoms with E-state index in [4.69, 9.17) is 9.84 Å². The molecule has 3 N–H and O–H groups in total. The van der Waals surface area contributed by atoms with Gasteiger partial charge in [0, 0.05) is 12.7 Å². The normalized spacial score (nSPS) is 12.2. The van der Waals surface area contributed by atoms with Gasteiger partial charge >= 0.3 is 0 Å². The van der Waals surface area contributed by atoms with Crippen LogP contribution in [-0.4, -0.2) is 51.0 Å². The molecule has 1 unspecified atom stereocenters. The second kappa shape index (κ2) is 8.63. The number of ether oxygens (including phenoxy) is 1. The molecule has 5 nitrogen and oxygen atoms in total. The van der Waals surface area contributed by atoms with Crippen molar-refractivity contribution in [2.75, 3.05) is 33.9 Å². The van der Waals surface area contributed by atoms with Gasteiger partial charge in [-0.05, 0) is 31.6 Å². The number of methoxy groups -OCH3 is 1. The Hall–Kier alpha value is -1.43. The zero-order valence-corrected chi connectivity index (χ0v) is 11.5. The van der Waals surface area contributed by atoms with E-state index in [0.717, 1.165) is 18.5 Å². The summed E-state index contributed by atoms with van der Waals surface area (Å²) in [5.41, 5.74) is 1.63. The van der Waals surface area contributed by atoms with Gasteiger partial charge in [0.15, 0.2) is 0 Å². The molecule has 106 valence electrons. The Labute approximate surface area is 114 Å². The molecule has 0 bridgehead atoms. The number of likely N-dealkylation sites (N-methyl/N-ethyl adjacent to an activating group) is 1. The Morgan fingerprint density at radius 1 is 1.42 bits per heavy atom. The summed E-state index contributed by atoms with van der Waals surface area (Å²) in [5.74, 6) is -0.178. The van der Waals surface area contributed by atoms with Crippen LogP contribution in [0.5, 0.6) is 0 Å². The topological polar surface area (TPSA) is 70.6 Å². The third-order valence-electron chi connectivity index (χ3n) is 2.83. The number of carbonyl (C=O) groups excluding carboxylic acids is 1. The summed E-state index contributed by atoms with van der Waals surface area (Å²) >= 11 is 0. The molecule has 19 heavy (non-hydrogen) atoms. The van der Waals surface area contributed by atoms with E-state index in [9.17, 15) is 4.79 Å². The van der Waals surface area contributed by atoms with Gasteiger partial charge in [-0.25, -0.2) is 0 Å². The van der Waals surface area contributed by atoms with Crippen LogP contribution in [0.4, 0.5) is 0 Å². The number of aliphatic hydroxyl groups is 1. The third-order valence-corrected chi connectivity index (χ3v) is 2.83. The molecule has 0 heterocycles. The van der Waals surface area contributed by atoms with Gasteiger partial charge in [-0.2, -0.15) is 0 Å². The number of amides is 1. The molecule has 1 amide bonds. The van der Waals surface area contributed by atoms with Crippen LogP contribution in [0.2, 0.25) is 0 Å². The largest absolute Gasteiger partial charge is 0.394 e. The maximum atomic E-state index is 12.2. The maximum Gasteiger partial charge on any atom is 0.251 e. The van der Waals surface area contributed by atoms with Crippen LogP contribution in [0.15, 0.2) is 24.3 Å². The average Bonchev–Trinajstić information content (AvgIpc) is 2.44. The molecule has 1 rings (SSSR count). The first-order chi connectivity index (χ1) is 9.22. The van der Waals surface area contributed by atoms with Gasteiger partial charge in [0.1, 0.15) is 0 Å². The molecule has 1 aromatic carbocycles. The molecule has 0 saturated carbocycles. The van der Waals surface area contributed by atoms with Crippen LogP contribution in [0, 0.1) is 0 Å². The number of hydrogen-bond donors (Lipinski definition) is 3. The van der Waals surface area contributed by atoms with E-state index in [-0.39, 0.29) is 18.6 Å². The van der Waals surface area contributed by atoms with Crippen LogP contribution >= 0.6 is 0 Å². The lowest BCUT2D eigenvalue weighted by Crippen LogP contribution is -2.41. The summed E-state index contributed by atoms with van der Waals surface area (Å²) in [7, 11) is 3.42. The first kappa shape index (κ1) is 15.6. The average molecular weight is 266 g/mol. The molecule has 0 spiro atoms. The van der Waals surface area contributed by atoms with Crippen molar-refractivity contribution in [1.82, 2.24) is 10.6 Å². The zero-order chi connectivity index (χ0) is 14.1. The van der Waals surface area contributed by atoms with Crippen molar-refractivity contribution in [3.8, 4) is 0 Å². The first-order valence-corrected chi connectivity index (χ1v) is 6.36. The number of carbonyl (C=O) groups is 1. The van der Waals surface area contributed by atoms with Crippen molar-refractivity contribution in [2.24, 2.45) is 0 Å². The highest BCUT2D eigenvalue weighted by molar-refractivity contribution is 5.95. The third kappa shape index (κ3) is 4.98. The lowest BCUT2D eigenvalue weighted by molar-refractivity contribution is 0.0839. The molecule has 1 atom stereocenters. The van der Waals surface area contributed by atoms with Gasteiger partial charge in [0.25, 0.3) is 5.91 Å². The van der Waals surface area contributed by atoms with Gasteiger partial charge in [-0.1, -0.05) is 18.2 Å². The Bertz CT molecular complexity index is 396. The molecule has 0 fully saturated rings. The molecule has 5 heteroatoms. The Kier molecular flexibility index (Phi) is 7.10. The summed E-state index contributed by atoms with van der Waals surface area (Å²) in [6.45, 7) is 0.963. The number of nitrogens with one attached hydrogen (secondary N) is 2. The van der Waals surface area contributed by atoms with Crippen molar-refractivity contribution < 1.29 is 14.6 Å². The second-order valence-corrected chi connectivity index (χ2v) is 4.32. The maximum absolute atomic E-state index is 12.2. The van der Waals surface area contributed by atoms with E-state index in [1.54, 1.807) is 6.07 Å². The van der Waals surface area contributed by atoms with Crippen molar-refractivity contribution in [3.63, 3.8) is 0 Å². The smallest absolute Gasteiger partial charge is 0.251 e. The molecule has 0 aliphatic heterocycles. The molecule has 0 aliphatic rings. The van der Waals surface area contributed by atoms with Crippen LogP contribution < -0.4 is 10.6 Å². The predicted octanol–water partition coefficient (Wildman–Crippen LogP) is 0.186. The lowest BCUT2D eigenvalue weighted by atomic mass is 10.0. The van der Waals surface area contributed by atoms with Gasteiger partial charge < -0.3 is 20.5 Å². The van der Waals surface area contributed by atoms with Gasteiger partial charge in [-0.15, -0.1) is 0 Å². The van der Waals surface area contributed by atoms with Crippen molar-refractivity contribution in [2.45, 2.75) is 12.5 Å². The highest BCUT2D eigenvalue weighted by Gasteiger charge is 2.15. The highest BCUT2D eigenvalue weighted by atomic mass is 16.5. The minimum atomic E-state index is -0.380. The monoisotopic (exact) mass is 266 g/mol. The van der Waals surface area contributed by atoms with Gasteiger partial charge in [-0.3, -0.25) is 4.79 Å². The van der Waals surface area contributed by atoms with Gasteiger partial charge in [0.2, 0.25) is 0 Å². The minimum Gasteiger partial charge on any atom is -0.394 e. The molecule has 0 aliphatic carbocycles. The fraction of sp³-hybridized carbons (Fsp3) is 0.500. The summed E-state index contributed by atoms with van der Waals surface area (Å²) in [6, 6.07) is 7.11. The Morgan fingerprint density at radius 2 is 2.16 bits per heavy atom. The number of aliphatic hydroxyl groups excluding tert-OH is 1. The predicted molar refractivity (Wildman–Crippen MR) is 74.3 cm³/mol. The summed E-state index contributed by atoms with van der Waals surface area (Å²) < 4.78 is 4.94. The number of rotatable bonds is 8. The minimum absolute atomic E-state index is 0.141. The molecular formula is C14H22N2O3. The number of benzene rings is 1. The quantitative estimate of drug-likeness (QED) is 0.628. The Morgan fingerprint density at radius 3 is 2.79 bits per heavy atom. The lowest BCUT2D eigenvalue weighted by Gasteiger charge is -2.16. The standard InChI is InChI=1S/C14H22N2O3/c1-15-8-7-11-5-3-4-6-13(11)14(18)16-12(9-17)10-19-2/h3-6,12,15,17H,7-10H2,1-2H3,(H,16,18). The van der Waals surface area contributed by atoms with Crippen molar-refractivity contribution in [1.29, 1.82) is 0 Å². The van der Waals surface area contributed by atoms with Crippen LogP contribution in [-0.2, 0) is 11.2 Å². The van der Waals surface area contributed by atoms with Crippen LogP contribution in [0.1, 0.15) is 15.9 Å². The summed E-state index contributed by atoms with van der Waals surface area (Å²) in [6.07, 6.45) is 0.786. The molecular weight excluding hydrogens is 244 g/mol. The van der Waals surface area contributed by atoms with Crippen molar-refractivity contribution in [3.05, 3.63) is 35.4 Å². The molecule has 1 aromatic rings. The molecule has 0 radical (unpaired) electrons. The van der Waals surface area contributed by atoms with Crippen molar-refractivity contribution >= 4 is 5.91 Å². The second-order valence-electron chi connectivity index (χ2n) is 4.32. The van der Waals surface area contributed by atoms with E-state index in [2.05, 4.69) is 10.6 Å². The van der Waals surface area contributed by atoms with Crippen LogP contribution in [0.25, 0.3) is 0 Å². The SMILES string of the molecule is CNCCc1ccccc1C(=O)NC(CO)COC. The van der Waals surface area contributed by atoms with Gasteiger partial charge in [0.05, 0.1) is 19.3 Å². The van der Waals surface area contributed by atoms with E-state index >= 15 is 0 Å². The fourth-order valence-corrected chi connectivity index (χ4v) is 1.82. The molecule has 0 saturated heterocycles.